The second-order valence-electron chi connectivity index (χ2n) is 10.1. The Morgan fingerprint density at radius 1 is 0.953 bits per heavy atom. The fraction of sp³-hybridized carbons (Fsp3) is 0.276. The summed E-state index contributed by atoms with van der Waals surface area (Å²) in [7, 11) is 0. The predicted molar refractivity (Wildman–Crippen MR) is 144 cm³/mol. The zero-order chi connectivity index (χ0) is 31.2. The Kier molecular flexibility index (Phi) is 7.99. The zero-order valence-corrected chi connectivity index (χ0v) is 22.8. The van der Waals surface area contributed by atoms with E-state index < -0.39 is 41.8 Å². The van der Waals surface area contributed by atoms with E-state index in [1.54, 1.807) is 42.5 Å². The Morgan fingerprint density at radius 3 is 2.23 bits per heavy atom. The van der Waals surface area contributed by atoms with Crippen LogP contribution < -0.4 is 0 Å². The molecule has 1 fully saturated rings. The molecule has 0 bridgehead atoms. The maximum Gasteiger partial charge on any atom is 0.434 e. The van der Waals surface area contributed by atoms with Gasteiger partial charge in [-0.3, -0.25) is 4.90 Å². The number of aromatic carboxylic acids is 1. The molecule has 5 rings (SSSR count). The van der Waals surface area contributed by atoms with Gasteiger partial charge >= 0.3 is 18.3 Å². The number of carboxylic acid groups (broad SMARTS) is 1. The van der Waals surface area contributed by atoms with Crippen LogP contribution >= 0.6 is 11.6 Å². The van der Waals surface area contributed by atoms with Crippen molar-refractivity contribution < 1.29 is 40.6 Å². The van der Waals surface area contributed by atoms with E-state index in [1.807, 2.05) is 0 Å². The van der Waals surface area contributed by atoms with Crippen molar-refractivity contribution in [3.8, 4) is 28.2 Å². The smallest absolute Gasteiger partial charge is 0.434 e. The fourth-order valence-corrected chi connectivity index (χ4v) is 5.35. The molecule has 3 heterocycles. The van der Waals surface area contributed by atoms with Crippen LogP contribution in [0.25, 0.3) is 28.2 Å². The lowest BCUT2D eigenvalue weighted by atomic mass is 9.85. The van der Waals surface area contributed by atoms with E-state index in [-0.39, 0.29) is 37.4 Å². The number of aromatic nitrogens is 3. The Morgan fingerprint density at radius 2 is 1.63 bits per heavy atom. The Hall–Kier alpha value is -3.97. The van der Waals surface area contributed by atoms with Gasteiger partial charge in [-0.05, 0) is 53.8 Å². The highest BCUT2D eigenvalue weighted by Gasteiger charge is 2.41. The fourth-order valence-electron chi connectivity index (χ4n) is 5.18. The summed E-state index contributed by atoms with van der Waals surface area (Å²) in [6.45, 7) is -1.17. The van der Waals surface area contributed by atoms with Crippen LogP contribution in [0.15, 0.2) is 66.9 Å². The van der Waals surface area contributed by atoms with Crippen LogP contribution in [0, 0.1) is 0 Å². The van der Waals surface area contributed by atoms with Gasteiger partial charge in [-0.15, -0.1) is 0 Å². The lowest BCUT2D eigenvalue weighted by molar-refractivity contribution is -0.151. The zero-order valence-electron chi connectivity index (χ0n) is 22.1. The van der Waals surface area contributed by atoms with E-state index in [4.69, 9.17) is 11.6 Å². The van der Waals surface area contributed by atoms with Crippen molar-refractivity contribution >= 4 is 17.6 Å². The van der Waals surface area contributed by atoms with E-state index in [9.17, 15) is 36.2 Å². The number of halogens is 8. The minimum Gasteiger partial charge on any atom is -0.478 e. The predicted octanol–water partition coefficient (Wildman–Crippen LogP) is 7.79. The first-order chi connectivity index (χ1) is 20.1. The van der Waals surface area contributed by atoms with E-state index in [2.05, 4.69) is 10.1 Å². The summed E-state index contributed by atoms with van der Waals surface area (Å²) >= 11 is 6.25. The topological polar surface area (TPSA) is 71.2 Å². The lowest BCUT2D eigenvalue weighted by Gasteiger charge is -2.37. The highest BCUT2D eigenvalue weighted by Crippen LogP contribution is 2.40. The molecule has 43 heavy (non-hydrogen) atoms. The van der Waals surface area contributed by atoms with Gasteiger partial charge in [0.15, 0.2) is 11.5 Å². The SMILES string of the molecule is O=C(O)c1cnn(-c2cccc(-c3cc(Cl)ccc3-c3ccc(C4(F)CCN(CC(F)(F)F)CC4)cc3)n2)c1C(F)(F)F. The molecule has 0 aliphatic carbocycles. The summed E-state index contributed by atoms with van der Waals surface area (Å²) in [5.74, 6) is -2.08. The number of rotatable bonds is 6. The molecule has 0 atom stereocenters. The highest BCUT2D eigenvalue weighted by molar-refractivity contribution is 6.31. The van der Waals surface area contributed by atoms with Crippen molar-refractivity contribution in [3.63, 3.8) is 0 Å². The van der Waals surface area contributed by atoms with Gasteiger partial charge in [0.05, 0.1) is 18.4 Å². The monoisotopic (exact) mass is 626 g/mol. The molecule has 0 saturated carbocycles. The minimum atomic E-state index is -5.03. The Balaban J connectivity index is 1.47. The molecule has 2 aromatic carbocycles. The van der Waals surface area contributed by atoms with Crippen LogP contribution in [0.3, 0.4) is 0 Å². The van der Waals surface area contributed by atoms with Gasteiger partial charge in [0, 0.05) is 23.7 Å². The van der Waals surface area contributed by atoms with Gasteiger partial charge in [0.1, 0.15) is 11.2 Å². The van der Waals surface area contributed by atoms with Crippen LogP contribution in [-0.2, 0) is 11.8 Å². The molecular weight excluding hydrogens is 605 g/mol. The summed E-state index contributed by atoms with van der Waals surface area (Å²) < 4.78 is 95.7. The van der Waals surface area contributed by atoms with E-state index in [0.29, 0.717) is 38.2 Å². The molecule has 14 heteroatoms. The van der Waals surface area contributed by atoms with Gasteiger partial charge in [-0.25, -0.2) is 18.9 Å². The average Bonchev–Trinajstić information content (AvgIpc) is 3.41. The van der Waals surface area contributed by atoms with Crippen LogP contribution in [-0.4, -0.2) is 56.6 Å². The summed E-state index contributed by atoms with van der Waals surface area (Å²) in [5.41, 5.74) is -2.19. The van der Waals surface area contributed by atoms with Gasteiger partial charge in [-0.2, -0.15) is 31.4 Å². The molecule has 4 aromatic rings. The maximum atomic E-state index is 15.8. The average molecular weight is 627 g/mol. The summed E-state index contributed by atoms with van der Waals surface area (Å²) in [5, 5.41) is 13.2. The second kappa shape index (κ2) is 11.3. The van der Waals surface area contributed by atoms with Crippen LogP contribution in [0.1, 0.15) is 34.5 Å². The van der Waals surface area contributed by atoms with Gasteiger partial charge in [0.2, 0.25) is 0 Å². The second-order valence-corrected chi connectivity index (χ2v) is 10.6. The summed E-state index contributed by atoms with van der Waals surface area (Å²) in [4.78, 5) is 16.9. The number of pyridine rings is 1. The molecule has 1 aliphatic heterocycles. The number of likely N-dealkylation sites (tertiary alicyclic amines) is 1. The standard InChI is InChI=1S/C29H22ClF7N4O2/c30-19-8-9-20(17-4-6-18(7-5-17)27(31)10-12-40(13-11-27)16-28(32,33)34)21(14-19)23-2-1-3-24(39-23)41-25(29(35,36)37)22(15-38-41)26(42)43/h1-9,14-15H,10-13,16H2,(H,42,43). The third-order valence-corrected chi connectivity index (χ3v) is 7.48. The van der Waals surface area contributed by atoms with E-state index in [1.165, 1.54) is 23.1 Å². The van der Waals surface area contributed by atoms with Gasteiger partial charge < -0.3 is 5.11 Å². The summed E-state index contributed by atoms with van der Waals surface area (Å²) in [6, 6.07) is 15.4. The number of alkyl halides is 7. The Bertz CT molecular complexity index is 1640. The first-order valence-electron chi connectivity index (χ1n) is 12.9. The third-order valence-electron chi connectivity index (χ3n) is 7.24. The van der Waals surface area contributed by atoms with Crippen molar-refractivity contribution in [1.82, 2.24) is 19.7 Å². The highest BCUT2D eigenvalue weighted by atomic mass is 35.5. The van der Waals surface area contributed by atoms with Crippen molar-refractivity contribution in [2.24, 2.45) is 0 Å². The number of hydrogen-bond acceptors (Lipinski definition) is 4. The number of nitrogens with zero attached hydrogens (tertiary/aromatic N) is 4. The molecule has 226 valence electrons. The maximum absolute atomic E-state index is 15.8. The van der Waals surface area contributed by atoms with Crippen LogP contribution in [0.5, 0.6) is 0 Å². The van der Waals surface area contributed by atoms with Crippen LogP contribution in [0.2, 0.25) is 5.02 Å². The lowest BCUT2D eigenvalue weighted by Crippen LogP contribution is -2.44. The molecule has 1 saturated heterocycles. The first-order valence-corrected chi connectivity index (χ1v) is 13.3. The number of benzene rings is 2. The first kappa shape index (κ1) is 30.5. The quantitative estimate of drug-likeness (QED) is 0.221. The summed E-state index contributed by atoms with van der Waals surface area (Å²) in [6.07, 6.45) is -8.98. The number of piperidine rings is 1. The van der Waals surface area contributed by atoms with E-state index >= 15 is 4.39 Å². The normalized spacial score (nSPS) is 15.9. The molecule has 0 amide bonds. The van der Waals surface area contributed by atoms with Crippen molar-refractivity contribution in [2.75, 3.05) is 19.6 Å². The molecule has 2 aromatic heterocycles. The number of carboxylic acids is 1. The van der Waals surface area contributed by atoms with Crippen molar-refractivity contribution in [3.05, 3.63) is 88.7 Å². The molecule has 1 aliphatic rings. The molecule has 0 spiro atoms. The molecular formula is C29H22ClF7N4O2. The molecule has 0 radical (unpaired) electrons. The third kappa shape index (κ3) is 6.52. The molecule has 6 nitrogen and oxygen atoms in total. The Labute approximate surface area is 245 Å². The van der Waals surface area contributed by atoms with Gasteiger partial charge in [-0.1, -0.05) is 48.0 Å². The van der Waals surface area contributed by atoms with E-state index in [0.717, 1.165) is 0 Å². The number of hydrogen-bond donors (Lipinski definition) is 1. The van der Waals surface area contributed by atoms with Crippen molar-refractivity contribution in [2.45, 2.75) is 30.9 Å². The molecule has 0 unspecified atom stereocenters. The van der Waals surface area contributed by atoms with Crippen molar-refractivity contribution in [1.29, 1.82) is 0 Å². The van der Waals surface area contributed by atoms with Crippen LogP contribution in [0.4, 0.5) is 30.7 Å². The largest absolute Gasteiger partial charge is 0.478 e. The molecule has 1 N–H and O–H groups in total. The number of carbonyl (C=O) groups is 1. The van der Waals surface area contributed by atoms with Gasteiger partial charge in [0.25, 0.3) is 0 Å². The minimum absolute atomic E-state index is 0.0403.